The lowest BCUT2D eigenvalue weighted by Gasteiger charge is -2.11. The molecule has 1 atom stereocenters. The monoisotopic (exact) mass is 314 g/mol. The van der Waals surface area contributed by atoms with Gasteiger partial charge in [0.2, 0.25) is 5.91 Å². The number of Topliss-reactive ketones (excluding diaryl/α,β-unsaturated/α-hetero) is 1. The molecule has 2 amide bonds. The van der Waals surface area contributed by atoms with Gasteiger partial charge in [0.05, 0.1) is 6.20 Å². The third kappa shape index (κ3) is 3.45. The fraction of sp³-hybridized carbons (Fsp3) is 0.250. The van der Waals surface area contributed by atoms with Gasteiger partial charge in [0.1, 0.15) is 11.7 Å². The number of benzene rings is 1. The van der Waals surface area contributed by atoms with Crippen molar-refractivity contribution in [1.82, 2.24) is 15.1 Å². The number of primary amides is 1. The van der Waals surface area contributed by atoms with Crippen LogP contribution < -0.4 is 11.1 Å². The summed E-state index contributed by atoms with van der Waals surface area (Å²) in [5, 5.41) is 6.61. The highest BCUT2D eigenvalue weighted by atomic mass is 16.2. The minimum Gasteiger partial charge on any atom is -0.368 e. The molecule has 120 valence electrons. The van der Waals surface area contributed by atoms with E-state index in [1.165, 1.54) is 18.5 Å². The summed E-state index contributed by atoms with van der Waals surface area (Å²) in [4.78, 5) is 35.0. The summed E-state index contributed by atoms with van der Waals surface area (Å²) in [7, 11) is 1.69. The molecular weight excluding hydrogens is 296 g/mol. The number of rotatable bonds is 5. The Morgan fingerprint density at radius 2 is 2.00 bits per heavy atom. The highest BCUT2D eigenvalue weighted by molar-refractivity contribution is 6.01. The Labute approximate surface area is 133 Å². The summed E-state index contributed by atoms with van der Waals surface area (Å²) in [5.41, 5.74) is 7.32. The smallest absolute Gasteiger partial charge is 0.251 e. The summed E-state index contributed by atoms with van der Waals surface area (Å²) in [6.07, 6.45) is 1.58. The number of nitrogens with one attached hydrogen (secondary N) is 1. The second-order valence-corrected chi connectivity index (χ2v) is 5.26. The molecule has 0 fully saturated rings. The van der Waals surface area contributed by atoms with E-state index in [0.717, 1.165) is 0 Å². The standard InChI is InChI=1S/C16H18N4O3/c1-9(15(17)22)19-16(23)12-6-4-5-11(7-12)13-8-18-20(3)14(13)10(2)21/h4-9H,1-3H3,(H2,17,22)(H,19,23)/t9-/m0/s1. The Balaban J connectivity index is 2.36. The minimum atomic E-state index is -0.766. The van der Waals surface area contributed by atoms with Gasteiger partial charge in [-0.05, 0) is 24.6 Å². The van der Waals surface area contributed by atoms with Crippen LogP contribution in [0.2, 0.25) is 0 Å². The number of amides is 2. The summed E-state index contributed by atoms with van der Waals surface area (Å²) in [5.74, 6) is -1.13. The fourth-order valence-corrected chi connectivity index (χ4v) is 2.25. The molecule has 0 radical (unpaired) electrons. The Hall–Kier alpha value is -2.96. The first-order valence-electron chi connectivity index (χ1n) is 7.04. The number of hydrogen-bond acceptors (Lipinski definition) is 4. The molecule has 0 bridgehead atoms. The number of aromatic nitrogens is 2. The first-order valence-corrected chi connectivity index (χ1v) is 7.04. The normalized spacial score (nSPS) is 11.8. The number of carbonyl (C=O) groups excluding carboxylic acids is 3. The zero-order valence-electron chi connectivity index (χ0n) is 13.2. The van der Waals surface area contributed by atoms with Crippen molar-refractivity contribution in [3.63, 3.8) is 0 Å². The summed E-state index contributed by atoms with van der Waals surface area (Å²) in [6, 6.07) is 5.99. The van der Waals surface area contributed by atoms with E-state index in [1.54, 1.807) is 37.5 Å². The second kappa shape index (κ2) is 6.43. The van der Waals surface area contributed by atoms with Gasteiger partial charge < -0.3 is 11.1 Å². The van der Waals surface area contributed by atoms with Crippen molar-refractivity contribution in [1.29, 1.82) is 0 Å². The topological polar surface area (TPSA) is 107 Å². The van der Waals surface area contributed by atoms with E-state index in [4.69, 9.17) is 5.73 Å². The van der Waals surface area contributed by atoms with Crippen molar-refractivity contribution in [2.45, 2.75) is 19.9 Å². The maximum Gasteiger partial charge on any atom is 0.251 e. The molecule has 7 heteroatoms. The SMILES string of the molecule is CC(=O)c1c(-c2cccc(C(=O)N[C@@H](C)C(N)=O)c2)cnn1C. The molecule has 1 aromatic carbocycles. The number of nitrogens with two attached hydrogens (primary N) is 1. The van der Waals surface area contributed by atoms with Crippen molar-refractivity contribution in [3.05, 3.63) is 41.7 Å². The van der Waals surface area contributed by atoms with E-state index in [-0.39, 0.29) is 5.78 Å². The molecule has 7 nitrogen and oxygen atoms in total. The van der Waals surface area contributed by atoms with Gasteiger partial charge in [-0.2, -0.15) is 5.10 Å². The number of aryl methyl sites for hydroxylation is 1. The zero-order chi connectivity index (χ0) is 17.1. The number of nitrogens with zero attached hydrogens (tertiary/aromatic N) is 2. The highest BCUT2D eigenvalue weighted by Gasteiger charge is 2.17. The highest BCUT2D eigenvalue weighted by Crippen LogP contribution is 2.24. The van der Waals surface area contributed by atoms with Crippen LogP contribution in [-0.4, -0.2) is 33.4 Å². The number of ketones is 1. The van der Waals surface area contributed by atoms with Crippen molar-refractivity contribution in [3.8, 4) is 11.1 Å². The Morgan fingerprint density at radius 1 is 1.30 bits per heavy atom. The maximum atomic E-state index is 12.2. The maximum absolute atomic E-state index is 12.2. The fourth-order valence-electron chi connectivity index (χ4n) is 2.25. The van der Waals surface area contributed by atoms with Gasteiger partial charge in [0, 0.05) is 25.1 Å². The lowest BCUT2D eigenvalue weighted by atomic mass is 10.0. The van der Waals surface area contributed by atoms with E-state index in [2.05, 4.69) is 10.4 Å². The van der Waals surface area contributed by atoms with Crippen LogP contribution in [0.1, 0.15) is 34.7 Å². The predicted octanol–water partition coefficient (Wildman–Crippen LogP) is 0.893. The lowest BCUT2D eigenvalue weighted by molar-refractivity contribution is -0.119. The van der Waals surface area contributed by atoms with Crippen molar-refractivity contribution < 1.29 is 14.4 Å². The Kier molecular flexibility index (Phi) is 4.59. The predicted molar refractivity (Wildman–Crippen MR) is 84.8 cm³/mol. The number of carbonyl (C=O) groups is 3. The van der Waals surface area contributed by atoms with E-state index in [9.17, 15) is 14.4 Å². The molecule has 0 aliphatic carbocycles. The van der Waals surface area contributed by atoms with E-state index in [1.807, 2.05) is 0 Å². The first-order chi connectivity index (χ1) is 10.8. The molecule has 0 spiro atoms. The van der Waals surface area contributed by atoms with Gasteiger partial charge in [-0.3, -0.25) is 19.1 Å². The van der Waals surface area contributed by atoms with Crippen LogP contribution in [0.5, 0.6) is 0 Å². The van der Waals surface area contributed by atoms with Crippen LogP contribution in [0.25, 0.3) is 11.1 Å². The van der Waals surface area contributed by atoms with Crippen LogP contribution in [-0.2, 0) is 11.8 Å². The molecule has 1 heterocycles. The minimum absolute atomic E-state index is 0.114. The number of hydrogen-bond donors (Lipinski definition) is 2. The third-order valence-corrected chi connectivity index (χ3v) is 3.48. The van der Waals surface area contributed by atoms with Gasteiger partial charge in [-0.15, -0.1) is 0 Å². The average Bonchev–Trinajstić information content (AvgIpc) is 2.89. The Morgan fingerprint density at radius 3 is 2.61 bits per heavy atom. The third-order valence-electron chi connectivity index (χ3n) is 3.48. The molecule has 0 unspecified atom stereocenters. The van der Waals surface area contributed by atoms with Gasteiger partial charge >= 0.3 is 0 Å². The molecule has 2 rings (SSSR count). The molecule has 0 aliphatic rings. The second-order valence-electron chi connectivity index (χ2n) is 5.26. The van der Waals surface area contributed by atoms with Crippen LogP contribution >= 0.6 is 0 Å². The largest absolute Gasteiger partial charge is 0.368 e. The van der Waals surface area contributed by atoms with Crippen LogP contribution in [0.4, 0.5) is 0 Å². The van der Waals surface area contributed by atoms with Crippen molar-refractivity contribution >= 4 is 17.6 Å². The van der Waals surface area contributed by atoms with Crippen LogP contribution in [0.15, 0.2) is 30.5 Å². The summed E-state index contributed by atoms with van der Waals surface area (Å²) >= 11 is 0. The quantitative estimate of drug-likeness (QED) is 0.799. The van der Waals surface area contributed by atoms with Crippen molar-refractivity contribution in [2.24, 2.45) is 12.8 Å². The Bertz CT molecular complexity index is 779. The summed E-state index contributed by atoms with van der Waals surface area (Å²) < 4.78 is 1.50. The molecule has 0 saturated heterocycles. The van der Waals surface area contributed by atoms with E-state index >= 15 is 0 Å². The molecule has 1 aromatic heterocycles. The van der Waals surface area contributed by atoms with Gasteiger partial charge in [-0.25, -0.2) is 0 Å². The molecule has 2 aromatic rings. The van der Waals surface area contributed by atoms with Gasteiger partial charge in [-0.1, -0.05) is 12.1 Å². The average molecular weight is 314 g/mol. The van der Waals surface area contributed by atoms with Crippen LogP contribution in [0.3, 0.4) is 0 Å². The van der Waals surface area contributed by atoms with Crippen LogP contribution in [0, 0.1) is 0 Å². The molecule has 3 N–H and O–H groups in total. The molecular formula is C16H18N4O3. The molecule has 23 heavy (non-hydrogen) atoms. The molecule has 0 saturated carbocycles. The van der Waals surface area contributed by atoms with Gasteiger partial charge in [0.25, 0.3) is 5.91 Å². The summed E-state index contributed by atoms with van der Waals surface area (Å²) in [6.45, 7) is 2.98. The zero-order valence-corrected chi connectivity index (χ0v) is 13.2. The van der Waals surface area contributed by atoms with E-state index < -0.39 is 17.9 Å². The van der Waals surface area contributed by atoms with E-state index in [0.29, 0.717) is 22.4 Å². The van der Waals surface area contributed by atoms with Gasteiger partial charge in [0.15, 0.2) is 5.78 Å². The molecule has 0 aliphatic heterocycles. The first kappa shape index (κ1) is 16.4. The van der Waals surface area contributed by atoms with Crippen molar-refractivity contribution in [2.75, 3.05) is 0 Å². The lowest BCUT2D eigenvalue weighted by Crippen LogP contribution is -2.42.